The molecule has 0 spiro atoms. The lowest BCUT2D eigenvalue weighted by atomic mass is 10.1. The van der Waals surface area contributed by atoms with Crippen molar-refractivity contribution in [2.24, 2.45) is 0 Å². The molecule has 39 heavy (non-hydrogen) atoms. The van der Waals surface area contributed by atoms with Gasteiger partial charge in [-0.2, -0.15) is 0 Å². The van der Waals surface area contributed by atoms with Gasteiger partial charge >= 0.3 is 0 Å². The lowest BCUT2D eigenvalue weighted by Gasteiger charge is -2.30. The minimum atomic E-state index is -4.23. The van der Waals surface area contributed by atoms with Gasteiger partial charge in [0.2, 0.25) is 5.16 Å². The zero-order chi connectivity index (χ0) is 27.7. The lowest BCUT2D eigenvalue weighted by Crippen LogP contribution is -2.37. The average Bonchev–Trinajstić information content (AvgIpc) is 3.35. The van der Waals surface area contributed by atoms with Crippen molar-refractivity contribution < 1.29 is 26.8 Å². The van der Waals surface area contributed by atoms with Gasteiger partial charge in [0.1, 0.15) is 16.4 Å². The zero-order valence-corrected chi connectivity index (χ0v) is 23.8. The van der Waals surface area contributed by atoms with E-state index in [2.05, 4.69) is 9.97 Å². The number of morpholine rings is 1. The molecule has 10 nitrogen and oxygen atoms in total. The highest BCUT2D eigenvalue weighted by Crippen LogP contribution is 2.33. The van der Waals surface area contributed by atoms with Crippen LogP contribution in [0.3, 0.4) is 0 Å². The summed E-state index contributed by atoms with van der Waals surface area (Å²) >= 11 is 0. The predicted octanol–water partition coefficient (Wildman–Crippen LogP) is 3.45. The molecule has 1 saturated heterocycles. The van der Waals surface area contributed by atoms with Crippen LogP contribution >= 0.6 is 0 Å². The van der Waals surface area contributed by atoms with Gasteiger partial charge in [0, 0.05) is 36.5 Å². The molecule has 2 aromatic carbocycles. The van der Waals surface area contributed by atoms with Gasteiger partial charge < -0.3 is 19.1 Å². The van der Waals surface area contributed by atoms with Crippen LogP contribution in [0, 0.1) is 13.8 Å². The number of anilines is 1. The third-order valence-electron chi connectivity index (χ3n) is 6.75. The Labute approximate surface area is 230 Å². The van der Waals surface area contributed by atoms with E-state index in [4.69, 9.17) is 14.2 Å². The van der Waals surface area contributed by atoms with Crippen LogP contribution in [0.1, 0.15) is 16.8 Å². The number of para-hydroxylation sites is 1. The number of fused-ring (bicyclic) bond motifs is 1. The molecule has 4 aromatic rings. The number of rotatable bonds is 8. The molecule has 0 N–H and O–H groups in total. The van der Waals surface area contributed by atoms with Gasteiger partial charge in [-0.25, -0.2) is 17.4 Å². The van der Waals surface area contributed by atoms with Crippen molar-refractivity contribution in [2.75, 3.05) is 45.4 Å². The zero-order valence-electron chi connectivity index (χ0n) is 22.2. The molecule has 5 rings (SSSR count). The Morgan fingerprint density at radius 2 is 1.79 bits per heavy atom. The molecule has 1 fully saturated rings. The number of hydrogen-bond donors (Lipinski definition) is 0. The van der Waals surface area contributed by atoms with E-state index in [9.17, 15) is 12.6 Å². The van der Waals surface area contributed by atoms with Gasteiger partial charge in [-0.1, -0.05) is 12.1 Å². The van der Waals surface area contributed by atoms with Crippen LogP contribution < -0.4 is 14.4 Å². The van der Waals surface area contributed by atoms with Crippen LogP contribution in [0.4, 0.5) is 5.69 Å². The number of ether oxygens (including phenoxy) is 3. The minimum Gasteiger partial charge on any atom is -0.497 e. The van der Waals surface area contributed by atoms with E-state index in [-0.39, 0.29) is 15.8 Å². The monoisotopic (exact) mass is 570 g/mol. The fourth-order valence-corrected chi connectivity index (χ4v) is 8.03. The van der Waals surface area contributed by atoms with Crippen LogP contribution in [0.2, 0.25) is 0 Å². The van der Waals surface area contributed by atoms with Crippen LogP contribution in [0.15, 0.2) is 58.7 Å². The predicted molar refractivity (Wildman–Crippen MR) is 149 cm³/mol. The van der Waals surface area contributed by atoms with E-state index >= 15 is 0 Å². The molecule has 2 aromatic heterocycles. The molecule has 0 saturated carbocycles. The number of imidazole rings is 1. The number of aromatic nitrogens is 3. The summed E-state index contributed by atoms with van der Waals surface area (Å²) in [6.45, 7) is 5.85. The van der Waals surface area contributed by atoms with Crippen molar-refractivity contribution in [3.63, 3.8) is 0 Å². The van der Waals surface area contributed by atoms with E-state index in [0.717, 1.165) is 15.1 Å². The van der Waals surface area contributed by atoms with Crippen molar-refractivity contribution >= 4 is 37.5 Å². The molecule has 0 amide bonds. The molecule has 1 aliphatic rings. The summed E-state index contributed by atoms with van der Waals surface area (Å²) in [5.41, 5.74) is 3.37. The number of hydrogen-bond acceptors (Lipinski definition) is 9. The third-order valence-corrected chi connectivity index (χ3v) is 9.83. The maximum Gasteiger partial charge on any atom is 0.272 e. The highest BCUT2D eigenvalue weighted by molar-refractivity contribution is 7.91. The Bertz CT molecular complexity index is 1660. The summed E-state index contributed by atoms with van der Waals surface area (Å²) in [7, 11) is -3.00. The summed E-state index contributed by atoms with van der Waals surface area (Å²) in [6, 6.07) is 11.7. The number of aryl methyl sites for hydroxylation is 1. The van der Waals surface area contributed by atoms with Crippen LogP contribution in [-0.4, -0.2) is 67.1 Å². The summed E-state index contributed by atoms with van der Waals surface area (Å²) in [4.78, 5) is 11.1. The molecule has 1 unspecified atom stereocenters. The Morgan fingerprint density at radius 1 is 1.05 bits per heavy atom. The third kappa shape index (κ3) is 4.99. The Hall–Kier alpha value is -3.48. The van der Waals surface area contributed by atoms with Crippen LogP contribution in [0.25, 0.3) is 11.0 Å². The molecular weight excluding hydrogens is 540 g/mol. The van der Waals surface area contributed by atoms with Gasteiger partial charge in [-0.3, -0.25) is 9.19 Å². The largest absolute Gasteiger partial charge is 0.497 e. The molecule has 12 heteroatoms. The fourth-order valence-electron chi connectivity index (χ4n) is 4.76. The van der Waals surface area contributed by atoms with E-state index in [0.29, 0.717) is 60.2 Å². The van der Waals surface area contributed by atoms with Crippen LogP contribution in [-0.2, 0) is 31.3 Å². The second-order valence-corrected chi connectivity index (χ2v) is 12.2. The SMILES string of the molecule is COc1ccc2c(c1)nc(S(=O)Cc1ncc(C)c(OC)c1C)n2S(=O)(=O)c1ccccc1N1CCOCC1. The van der Waals surface area contributed by atoms with Gasteiger partial charge in [0.15, 0.2) is 0 Å². The number of methoxy groups -OCH3 is 2. The molecular formula is C27H30N4O6S2. The molecule has 206 valence electrons. The number of benzene rings is 2. The van der Waals surface area contributed by atoms with Gasteiger partial charge in [0.05, 0.1) is 66.4 Å². The number of pyridine rings is 1. The van der Waals surface area contributed by atoms with Crippen LogP contribution in [0.5, 0.6) is 11.5 Å². The topological polar surface area (TPSA) is 113 Å². The van der Waals surface area contributed by atoms with Crippen molar-refractivity contribution in [2.45, 2.75) is 29.7 Å². The molecule has 0 aliphatic carbocycles. The highest BCUT2D eigenvalue weighted by atomic mass is 32.2. The summed E-state index contributed by atoms with van der Waals surface area (Å²) in [6.07, 6.45) is 1.65. The van der Waals surface area contributed by atoms with Crippen molar-refractivity contribution in [1.82, 2.24) is 13.9 Å². The second-order valence-electron chi connectivity index (χ2n) is 9.12. The molecule has 1 aliphatic heterocycles. The smallest absolute Gasteiger partial charge is 0.272 e. The quantitative estimate of drug-likeness (QED) is 0.314. The average molecular weight is 571 g/mol. The van der Waals surface area contributed by atoms with Crippen molar-refractivity contribution in [3.05, 3.63) is 65.5 Å². The Kier molecular flexibility index (Phi) is 7.61. The normalized spacial score (nSPS) is 14.9. The van der Waals surface area contributed by atoms with Gasteiger partial charge in [0.25, 0.3) is 10.0 Å². The number of nitrogens with zero attached hydrogens (tertiary/aromatic N) is 4. The maximum atomic E-state index is 14.4. The first-order valence-electron chi connectivity index (χ1n) is 12.4. The molecule has 0 radical (unpaired) electrons. The Balaban J connectivity index is 1.67. The first-order valence-corrected chi connectivity index (χ1v) is 15.1. The Morgan fingerprint density at radius 3 is 2.51 bits per heavy atom. The lowest BCUT2D eigenvalue weighted by molar-refractivity contribution is 0.122. The summed E-state index contributed by atoms with van der Waals surface area (Å²) in [5, 5.41) is -0.0872. The molecule has 0 bridgehead atoms. The van der Waals surface area contributed by atoms with Crippen molar-refractivity contribution in [1.29, 1.82) is 0 Å². The van der Waals surface area contributed by atoms with Gasteiger partial charge in [-0.15, -0.1) is 0 Å². The maximum absolute atomic E-state index is 14.4. The standard InChI is InChI=1S/C27H30N4O6S2/c1-18-16-28-22(19(2)26(18)36-4)17-38(32)27-29-21-15-20(35-3)9-10-23(21)31(27)39(33,34)25-8-6-5-7-24(25)30-11-13-37-14-12-30/h5-10,15-16H,11-14,17H2,1-4H3. The van der Waals surface area contributed by atoms with E-state index in [1.54, 1.807) is 55.8 Å². The van der Waals surface area contributed by atoms with E-state index in [1.165, 1.54) is 7.11 Å². The van der Waals surface area contributed by atoms with E-state index < -0.39 is 20.8 Å². The minimum absolute atomic E-state index is 0.0381. The van der Waals surface area contributed by atoms with Gasteiger partial charge in [-0.05, 0) is 38.1 Å². The summed E-state index contributed by atoms with van der Waals surface area (Å²) < 4.78 is 60.0. The van der Waals surface area contributed by atoms with E-state index in [1.807, 2.05) is 18.7 Å². The highest BCUT2D eigenvalue weighted by Gasteiger charge is 2.31. The first kappa shape index (κ1) is 27.1. The fraction of sp³-hybridized carbons (Fsp3) is 0.333. The molecule has 1 atom stereocenters. The van der Waals surface area contributed by atoms with Crippen molar-refractivity contribution in [3.8, 4) is 11.5 Å². The summed E-state index contributed by atoms with van der Waals surface area (Å²) in [5.74, 6) is 1.13. The molecule has 3 heterocycles. The first-order chi connectivity index (χ1) is 18.8. The second kappa shape index (κ2) is 10.9.